The Morgan fingerprint density at radius 3 is 2.35 bits per heavy atom. The Labute approximate surface area is 122 Å². The van der Waals surface area contributed by atoms with Gasteiger partial charge >= 0.3 is 0 Å². The summed E-state index contributed by atoms with van der Waals surface area (Å²) < 4.78 is 0. The van der Waals surface area contributed by atoms with E-state index in [4.69, 9.17) is 0 Å². The SMILES string of the molecule is CC(C)CC(CC(C)C)Nc1cccc2ccncc12. The minimum Gasteiger partial charge on any atom is -0.382 e. The zero-order chi connectivity index (χ0) is 14.5. The Kier molecular flexibility index (Phi) is 4.99. The lowest BCUT2D eigenvalue weighted by atomic mass is 9.95. The van der Waals surface area contributed by atoms with Crippen molar-refractivity contribution in [3.05, 3.63) is 36.7 Å². The normalized spacial score (nSPS) is 11.8. The van der Waals surface area contributed by atoms with E-state index in [1.807, 2.05) is 12.4 Å². The van der Waals surface area contributed by atoms with Crippen LogP contribution in [0.2, 0.25) is 0 Å². The van der Waals surface area contributed by atoms with Gasteiger partial charge in [0.05, 0.1) is 0 Å². The van der Waals surface area contributed by atoms with Crippen LogP contribution in [0, 0.1) is 11.8 Å². The van der Waals surface area contributed by atoms with Crippen molar-refractivity contribution in [2.45, 2.75) is 46.6 Å². The van der Waals surface area contributed by atoms with Gasteiger partial charge in [-0.1, -0.05) is 39.8 Å². The summed E-state index contributed by atoms with van der Waals surface area (Å²) in [7, 11) is 0. The van der Waals surface area contributed by atoms with Crippen molar-refractivity contribution in [1.82, 2.24) is 4.98 Å². The van der Waals surface area contributed by atoms with Gasteiger partial charge in [-0.05, 0) is 42.2 Å². The van der Waals surface area contributed by atoms with Crippen LogP contribution in [0.1, 0.15) is 40.5 Å². The molecule has 0 atom stereocenters. The highest BCUT2D eigenvalue weighted by atomic mass is 14.9. The van der Waals surface area contributed by atoms with E-state index >= 15 is 0 Å². The van der Waals surface area contributed by atoms with Gasteiger partial charge in [-0.3, -0.25) is 4.98 Å². The van der Waals surface area contributed by atoms with E-state index in [0.29, 0.717) is 17.9 Å². The molecule has 2 heteroatoms. The van der Waals surface area contributed by atoms with Crippen LogP contribution >= 0.6 is 0 Å². The largest absolute Gasteiger partial charge is 0.382 e. The number of anilines is 1. The van der Waals surface area contributed by atoms with Crippen molar-refractivity contribution in [1.29, 1.82) is 0 Å². The molecule has 0 saturated heterocycles. The summed E-state index contributed by atoms with van der Waals surface area (Å²) in [4.78, 5) is 4.26. The van der Waals surface area contributed by atoms with Crippen LogP contribution in [0.5, 0.6) is 0 Å². The maximum absolute atomic E-state index is 4.26. The fourth-order valence-corrected chi connectivity index (χ4v) is 2.81. The molecule has 0 amide bonds. The zero-order valence-corrected chi connectivity index (χ0v) is 13.1. The molecule has 0 aliphatic heterocycles. The van der Waals surface area contributed by atoms with Crippen LogP contribution in [0.3, 0.4) is 0 Å². The summed E-state index contributed by atoms with van der Waals surface area (Å²) in [6, 6.07) is 9.02. The highest BCUT2D eigenvalue weighted by Crippen LogP contribution is 2.25. The first-order valence-electron chi connectivity index (χ1n) is 7.65. The standard InChI is InChI=1S/C18H26N2/c1-13(2)10-16(11-14(3)4)20-18-7-5-6-15-8-9-19-12-17(15)18/h5-9,12-14,16,20H,10-11H2,1-4H3. The summed E-state index contributed by atoms with van der Waals surface area (Å²) >= 11 is 0. The highest BCUT2D eigenvalue weighted by molar-refractivity contribution is 5.93. The molecule has 1 N–H and O–H groups in total. The first kappa shape index (κ1) is 14.8. The minimum atomic E-state index is 0.529. The quantitative estimate of drug-likeness (QED) is 0.789. The molecular weight excluding hydrogens is 244 g/mol. The first-order chi connectivity index (χ1) is 9.56. The molecule has 0 fully saturated rings. The smallest absolute Gasteiger partial charge is 0.0437 e. The number of rotatable bonds is 6. The maximum Gasteiger partial charge on any atom is 0.0437 e. The van der Waals surface area contributed by atoms with Gasteiger partial charge in [0.15, 0.2) is 0 Å². The lowest BCUT2D eigenvalue weighted by Gasteiger charge is -2.24. The lowest BCUT2D eigenvalue weighted by Crippen LogP contribution is -2.23. The van der Waals surface area contributed by atoms with Gasteiger partial charge in [-0.15, -0.1) is 0 Å². The minimum absolute atomic E-state index is 0.529. The summed E-state index contributed by atoms with van der Waals surface area (Å²) in [5.41, 5.74) is 1.21. The van der Waals surface area contributed by atoms with Gasteiger partial charge in [0.2, 0.25) is 0 Å². The predicted molar refractivity (Wildman–Crippen MR) is 88.1 cm³/mol. The van der Waals surface area contributed by atoms with E-state index in [2.05, 4.69) is 62.3 Å². The second-order valence-electron chi connectivity index (χ2n) is 6.50. The van der Waals surface area contributed by atoms with Crippen molar-refractivity contribution in [2.75, 3.05) is 5.32 Å². The summed E-state index contributed by atoms with van der Waals surface area (Å²) in [6.45, 7) is 9.17. The summed E-state index contributed by atoms with van der Waals surface area (Å²) in [6.07, 6.45) is 6.22. The third-order valence-corrected chi connectivity index (χ3v) is 3.56. The molecule has 0 saturated carbocycles. The average Bonchev–Trinajstić information content (AvgIpc) is 2.37. The molecule has 0 spiro atoms. The van der Waals surface area contributed by atoms with Crippen LogP contribution in [0.4, 0.5) is 5.69 Å². The molecule has 0 aliphatic carbocycles. The van der Waals surface area contributed by atoms with Crippen LogP contribution in [0.25, 0.3) is 10.8 Å². The molecule has 20 heavy (non-hydrogen) atoms. The number of aromatic nitrogens is 1. The van der Waals surface area contributed by atoms with E-state index in [9.17, 15) is 0 Å². The third-order valence-electron chi connectivity index (χ3n) is 3.56. The van der Waals surface area contributed by atoms with E-state index in [-0.39, 0.29) is 0 Å². The van der Waals surface area contributed by atoms with Crippen LogP contribution in [-0.2, 0) is 0 Å². The molecule has 1 heterocycles. The Morgan fingerprint density at radius 1 is 1.00 bits per heavy atom. The van der Waals surface area contributed by atoms with E-state index in [1.54, 1.807) is 0 Å². The fourth-order valence-electron chi connectivity index (χ4n) is 2.81. The number of nitrogens with one attached hydrogen (secondary N) is 1. The second-order valence-corrected chi connectivity index (χ2v) is 6.50. The maximum atomic E-state index is 4.26. The number of pyridine rings is 1. The molecule has 0 unspecified atom stereocenters. The number of hydrogen-bond acceptors (Lipinski definition) is 2. The van der Waals surface area contributed by atoms with Gasteiger partial charge in [0, 0.05) is 29.5 Å². The number of nitrogens with zero attached hydrogens (tertiary/aromatic N) is 1. The van der Waals surface area contributed by atoms with Gasteiger partial charge in [0.25, 0.3) is 0 Å². The molecule has 0 bridgehead atoms. The lowest BCUT2D eigenvalue weighted by molar-refractivity contribution is 0.442. The molecule has 0 radical (unpaired) electrons. The predicted octanol–water partition coefficient (Wildman–Crippen LogP) is 5.11. The van der Waals surface area contributed by atoms with Crippen molar-refractivity contribution in [3.8, 4) is 0 Å². The Bertz CT molecular complexity index is 531. The molecule has 0 aliphatic rings. The zero-order valence-electron chi connectivity index (χ0n) is 13.1. The summed E-state index contributed by atoms with van der Waals surface area (Å²) in [5, 5.41) is 6.21. The molecule has 108 valence electrons. The van der Waals surface area contributed by atoms with E-state index < -0.39 is 0 Å². The molecular formula is C18H26N2. The Hall–Kier alpha value is -1.57. The molecule has 1 aromatic carbocycles. The Balaban J connectivity index is 2.23. The molecule has 1 aromatic heterocycles. The van der Waals surface area contributed by atoms with Crippen molar-refractivity contribution < 1.29 is 0 Å². The molecule has 2 rings (SSSR count). The summed E-state index contributed by atoms with van der Waals surface area (Å²) in [5.74, 6) is 1.42. The van der Waals surface area contributed by atoms with Gasteiger partial charge in [-0.2, -0.15) is 0 Å². The van der Waals surface area contributed by atoms with Gasteiger partial charge in [-0.25, -0.2) is 0 Å². The molecule has 2 aromatic rings. The van der Waals surface area contributed by atoms with Crippen molar-refractivity contribution in [3.63, 3.8) is 0 Å². The number of fused-ring (bicyclic) bond motifs is 1. The van der Waals surface area contributed by atoms with E-state index in [1.165, 1.54) is 29.3 Å². The molecule has 2 nitrogen and oxygen atoms in total. The van der Waals surface area contributed by atoms with Crippen LogP contribution in [0.15, 0.2) is 36.7 Å². The highest BCUT2D eigenvalue weighted by Gasteiger charge is 2.13. The fraction of sp³-hybridized carbons (Fsp3) is 0.500. The van der Waals surface area contributed by atoms with Crippen molar-refractivity contribution >= 4 is 16.5 Å². The first-order valence-corrected chi connectivity index (χ1v) is 7.65. The van der Waals surface area contributed by atoms with Gasteiger partial charge < -0.3 is 5.32 Å². The number of benzene rings is 1. The second kappa shape index (κ2) is 6.74. The van der Waals surface area contributed by atoms with E-state index in [0.717, 1.165) is 0 Å². The Morgan fingerprint density at radius 2 is 1.70 bits per heavy atom. The number of hydrogen-bond donors (Lipinski definition) is 1. The van der Waals surface area contributed by atoms with Crippen molar-refractivity contribution in [2.24, 2.45) is 11.8 Å². The van der Waals surface area contributed by atoms with Gasteiger partial charge in [0.1, 0.15) is 0 Å². The average molecular weight is 270 g/mol. The topological polar surface area (TPSA) is 24.9 Å². The third kappa shape index (κ3) is 3.96. The monoisotopic (exact) mass is 270 g/mol. The van der Waals surface area contributed by atoms with Crippen LogP contribution < -0.4 is 5.32 Å². The van der Waals surface area contributed by atoms with Crippen LogP contribution in [-0.4, -0.2) is 11.0 Å².